The van der Waals surface area contributed by atoms with Gasteiger partial charge in [0.05, 0.1) is 5.70 Å². The van der Waals surface area contributed by atoms with Crippen LogP contribution in [0.25, 0.3) is 5.70 Å². The first-order valence-electron chi connectivity index (χ1n) is 4.84. The lowest BCUT2D eigenvalue weighted by molar-refractivity contribution is 0.504. The highest BCUT2D eigenvalue weighted by molar-refractivity contribution is 5.89. The predicted octanol–water partition coefficient (Wildman–Crippen LogP) is 3.38. The van der Waals surface area contributed by atoms with Crippen LogP contribution in [0, 0.1) is 13.8 Å². The summed E-state index contributed by atoms with van der Waals surface area (Å²) in [6.07, 6.45) is 1.94. The van der Waals surface area contributed by atoms with Crippen molar-refractivity contribution in [3.63, 3.8) is 0 Å². The molecule has 80 valence electrons. The van der Waals surface area contributed by atoms with Crippen molar-refractivity contribution in [1.29, 1.82) is 0 Å². The molecule has 0 aliphatic heterocycles. The number of aliphatic imine (C=N–C) groups is 2. The van der Waals surface area contributed by atoms with Gasteiger partial charge in [0, 0.05) is 5.56 Å². The maximum Gasteiger partial charge on any atom is 0.125 e. The van der Waals surface area contributed by atoms with Crippen LogP contribution in [0.3, 0.4) is 0 Å². The number of hydrogen-bond acceptors (Lipinski definition) is 2. The third-order valence-corrected chi connectivity index (χ3v) is 2.10. The molecule has 0 saturated carbocycles. The molecule has 0 fully saturated rings. The van der Waals surface area contributed by atoms with Gasteiger partial charge in [-0.15, -0.1) is 0 Å². The zero-order valence-electron chi connectivity index (χ0n) is 9.66. The lowest BCUT2D eigenvalue weighted by atomic mass is 10.2. The Labute approximate surface area is 90.2 Å². The highest BCUT2D eigenvalue weighted by atomic mass is 16.3. The second-order valence-corrected chi connectivity index (χ2v) is 3.32. The Bertz CT molecular complexity index is 425. The molecule has 0 aliphatic carbocycles. The molecule has 0 saturated heterocycles. The van der Waals surface area contributed by atoms with Gasteiger partial charge in [-0.1, -0.05) is 6.08 Å². The predicted molar refractivity (Wildman–Crippen MR) is 64.5 cm³/mol. The highest BCUT2D eigenvalue weighted by Crippen LogP contribution is 2.23. The monoisotopic (exact) mass is 204 g/mol. The lowest BCUT2D eigenvalue weighted by Gasteiger charge is -1.99. The molecule has 3 nitrogen and oxygen atoms in total. The number of hydrogen-bond donors (Lipinski definition) is 0. The van der Waals surface area contributed by atoms with E-state index in [1.165, 1.54) is 0 Å². The highest BCUT2D eigenvalue weighted by Gasteiger charge is 2.08. The van der Waals surface area contributed by atoms with Crippen LogP contribution >= 0.6 is 0 Å². The molecule has 15 heavy (non-hydrogen) atoms. The molecule has 0 aliphatic rings. The molecule has 1 aromatic rings. The van der Waals surface area contributed by atoms with Crippen LogP contribution in [0.15, 0.2) is 26.5 Å². The van der Waals surface area contributed by atoms with Gasteiger partial charge in [-0.2, -0.15) is 0 Å². The first-order valence-corrected chi connectivity index (χ1v) is 4.84. The van der Waals surface area contributed by atoms with Gasteiger partial charge < -0.3 is 4.42 Å². The van der Waals surface area contributed by atoms with Gasteiger partial charge in [0.25, 0.3) is 0 Å². The van der Waals surface area contributed by atoms with E-state index < -0.39 is 0 Å². The van der Waals surface area contributed by atoms with Crippen molar-refractivity contribution in [3.8, 4) is 0 Å². The Morgan fingerprint density at radius 3 is 2.53 bits per heavy atom. The van der Waals surface area contributed by atoms with Crippen molar-refractivity contribution < 1.29 is 4.42 Å². The number of amidine groups is 1. The molecule has 0 aromatic carbocycles. The average Bonchev–Trinajstić information content (AvgIpc) is 2.54. The van der Waals surface area contributed by atoms with Gasteiger partial charge in [-0.3, -0.25) is 0 Å². The SMILES string of the molecule is C=NC(C)=N/C(=C\C)c1cc(C)oc1C. The van der Waals surface area contributed by atoms with Crippen molar-refractivity contribution in [2.45, 2.75) is 27.7 Å². The average molecular weight is 204 g/mol. The standard InChI is InChI=1S/C12H16N2O/c1-6-12(14-10(4)13-5)11-7-8(2)15-9(11)3/h6-7H,5H2,1-4H3/b12-6-,14-10?. The van der Waals surface area contributed by atoms with E-state index in [2.05, 4.69) is 16.7 Å². The molecule has 0 bridgehead atoms. The third-order valence-electron chi connectivity index (χ3n) is 2.10. The summed E-state index contributed by atoms with van der Waals surface area (Å²) in [4.78, 5) is 8.11. The molecule has 1 heterocycles. The Morgan fingerprint density at radius 1 is 1.47 bits per heavy atom. The summed E-state index contributed by atoms with van der Waals surface area (Å²) in [5.74, 6) is 2.42. The molecule has 0 N–H and O–H groups in total. The summed E-state index contributed by atoms with van der Waals surface area (Å²) in [5, 5.41) is 0. The van der Waals surface area contributed by atoms with Crippen LogP contribution in [0.5, 0.6) is 0 Å². The summed E-state index contributed by atoms with van der Waals surface area (Å²) >= 11 is 0. The number of rotatable bonds is 2. The molecule has 1 aromatic heterocycles. The summed E-state index contributed by atoms with van der Waals surface area (Å²) in [7, 11) is 0. The maximum atomic E-state index is 5.46. The number of allylic oxidation sites excluding steroid dienone is 1. The van der Waals surface area contributed by atoms with E-state index in [0.717, 1.165) is 22.8 Å². The molecular weight excluding hydrogens is 188 g/mol. The molecule has 0 radical (unpaired) electrons. The smallest absolute Gasteiger partial charge is 0.125 e. The number of nitrogens with zero attached hydrogens (tertiary/aromatic N) is 2. The second kappa shape index (κ2) is 4.73. The van der Waals surface area contributed by atoms with Crippen LogP contribution < -0.4 is 0 Å². The fraction of sp³-hybridized carbons (Fsp3) is 0.333. The van der Waals surface area contributed by atoms with E-state index >= 15 is 0 Å². The topological polar surface area (TPSA) is 37.9 Å². The minimum absolute atomic E-state index is 0.654. The van der Waals surface area contributed by atoms with Crippen molar-refractivity contribution in [2.75, 3.05) is 0 Å². The Balaban J connectivity index is 3.15. The Hall–Kier alpha value is -1.64. The summed E-state index contributed by atoms with van der Waals surface area (Å²) in [6.45, 7) is 11.0. The largest absolute Gasteiger partial charge is 0.466 e. The fourth-order valence-electron chi connectivity index (χ4n) is 1.38. The van der Waals surface area contributed by atoms with Crippen LogP contribution in [0.1, 0.15) is 30.9 Å². The quantitative estimate of drug-likeness (QED) is 0.537. The van der Waals surface area contributed by atoms with Crippen molar-refractivity contribution in [2.24, 2.45) is 9.98 Å². The van der Waals surface area contributed by atoms with Crippen LogP contribution in [-0.2, 0) is 0 Å². The fourth-order valence-corrected chi connectivity index (χ4v) is 1.38. The van der Waals surface area contributed by atoms with E-state index in [1.54, 1.807) is 0 Å². The van der Waals surface area contributed by atoms with Crippen LogP contribution in [-0.4, -0.2) is 12.6 Å². The van der Waals surface area contributed by atoms with Crippen molar-refractivity contribution >= 4 is 18.3 Å². The Morgan fingerprint density at radius 2 is 2.13 bits per heavy atom. The molecule has 0 amide bonds. The van der Waals surface area contributed by atoms with Crippen LogP contribution in [0.2, 0.25) is 0 Å². The number of furan rings is 1. The van der Waals surface area contributed by atoms with Crippen LogP contribution in [0.4, 0.5) is 0 Å². The zero-order chi connectivity index (χ0) is 11.4. The minimum Gasteiger partial charge on any atom is -0.466 e. The summed E-state index contributed by atoms with van der Waals surface area (Å²) < 4.78 is 5.46. The molecule has 0 spiro atoms. The molecule has 0 atom stereocenters. The lowest BCUT2D eigenvalue weighted by Crippen LogP contribution is -1.87. The first-order chi connectivity index (χ1) is 7.08. The zero-order valence-corrected chi connectivity index (χ0v) is 9.66. The van der Waals surface area contributed by atoms with E-state index in [-0.39, 0.29) is 0 Å². The van der Waals surface area contributed by atoms with E-state index in [0.29, 0.717) is 5.84 Å². The van der Waals surface area contributed by atoms with Gasteiger partial charge in [0.15, 0.2) is 0 Å². The summed E-state index contributed by atoms with van der Waals surface area (Å²) in [5.41, 5.74) is 1.88. The van der Waals surface area contributed by atoms with Gasteiger partial charge in [0.1, 0.15) is 17.4 Å². The first kappa shape index (κ1) is 11.4. The molecule has 0 unspecified atom stereocenters. The minimum atomic E-state index is 0.654. The maximum absolute atomic E-state index is 5.46. The van der Waals surface area contributed by atoms with Gasteiger partial charge in [-0.05, 0) is 40.5 Å². The van der Waals surface area contributed by atoms with Gasteiger partial charge in [-0.25, -0.2) is 9.98 Å². The van der Waals surface area contributed by atoms with E-state index in [1.807, 2.05) is 39.8 Å². The number of aryl methyl sites for hydroxylation is 2. The van der Waals surface area contributed by atoms with Crippen molar-refractivity contribution in [1.82, 2.24) is 0 Å². The van der Waals surface area contributed by atoms with E-state index in [9.17, 15) is 0 Å². The second-order valence-electron chi connectivity index (χ2n) is 3.32. The van der Waals surface area contributed by atoms with E-state index in [4.69, 9.17) is 4.42 Å². The molecule has 1 rings (SSSR count). The summed E-state index contributed by atoms with van der Waals surface area (Å²) in [6, 6.07) is 1.98. The third kappa shape index (κ3) is 2.65. The molecular formula is C12H16N2O. The normalized spacial score (nSPS) is 13.1. The van der Waals surface area contributed by atoms with Gasteiger partial charge >= 0.3 is 0 Å². The Kier molecular flexibility index (Phi) is 3.61. The van der Waals surface area contributed by atoms with Crippen molar-refractivity contribution in [3.05, 3.63) is 29.2 Å². The van der Waals surface area contributed by atoms with Gasteiger partial charge in [0.2, 0.25) is 0 Å². The molecule has 3 heteroatoms.